The minimum Gasteiger partial charge on any atom is -0.481 e. The number of carboxylic acid groups (broad SMARTS) is 1. The SMILES string of the molecule is O=C(O)C1CCC(C(=O)N2CCN(C(=O)CCC3CCCC3)CC2)CC1. The Bertz CT molecular complexity index is 514. The van der Waals surface area contributed by atoms with Gasteiger partial charge in [-0.2, -0.15) is 0 Å². The molecule has 0 radical (unpaired) electrons. The lowest BCUT2D eigenvalue weighted by molar-refractivity contribution is -0.147. The highest BCUT2D eigenvalue weighted by Crippen LogP contribution is 2.31. The maximum atomic E-state index is 12.7. The van der Waals surface area contributed by atoms with Crippen LogP contribution in [-0.2, 0) is 14.4 Å². The summed E-state index contributed by atoms with van der Waals surface area (Å²) in [5, 5.41) is 9.07. The number of rotatable bonds is 5. The number of carbonyl (C=O) groups excluding carboxylic acids is 2. The molecule has 0 bridgehead atoms. The molecule has 146 valence electrons. The average molecular weight is 364 g/mol. The number of carbonyl (C=O) groups is 3. The third-order valence-corrected chi connectivity index (χ3v) is 6.61. The minimum atomic E-state index is -0.736. The molecule has 26 heavy (non-hydrogen) atoms. The van der Waals surface area contributed by atoms with Crippen LogP contribution >= 0.6 is 0 Å². The maximum Gasteiger partial charge on any atom is 0.306 e. The van der Waals surface area contributed by atoms with Gasteiger partial charge in [-0.3, -0.25) is 14.4 Å². The third-order valence-electron chi connectivity index (χ3n) is 6.61. The molecule has 0 aromatic heterocycles. The van der Waals surface area contributed by atoms with Crippen LogP contribution in [0.4, 0.5) is 0 Å². The van der Waals surface area contributed by atoms with Crippen molar-refractivity contribution in [3.8, 4) is 0 Å². The van der Waals surface area contributed by atoms with Crippen LogP contribution in [0.5, 0.6) is 0 Å². The predicted molar refractivity (Wildman–Crippen MR) is 97.4 cm³/mol. The number of aliphatic carboxylic acids is 1. The van der Waals surface area contributed by atoms with Crippen LogP contribution in [-0.4, -0.2) is 58.9 Å². The van der Waals surface area contributed by atoms with Crippen molar-refractivity contribution in [1.82, 2.24) is 9.80 Å². The van der Waals surface area contributed by atoms with E-state index in [2.05, 4.69) is 0 Å². The van der Waals surface area contributed by atoms with Crippen molar-refractivity contribution >= 4 is 17.8 Å². The number of nitrogens with zero attached hydrogens (tertiary/aromatic N) is 2. The Morgan fingerprint density at radius 1 is 0.769 bits per heavy atom. The van der Waals surface area contributed by atoms with E-state index < -0.39 is 5.97 Å². The second kappa shape index (κ2) is 8.87. The summed E-state index contributed by atoms with van der Waals surface area (Å²) >= 11 is 0. The van der Waals surface area contributed by atoms with Crippen LogP contribution in [0.3, 0.4) is 0 Å². The molecule has 1 aliphatic heterocycles. The van der Waals surface area contributed by atoms with Gasteiger partial charge in [0.1, 0.15) is 0 Å². The molecular formula is C20H32N2O4. The van der Waals surface area contributed by atoms with Crippen molar-refractivity contribution in [3.05, 3.63) is 0 Å². The molecular weight excluding hydrogens is 332 g/mol. The molecule has 0 aromatic carbocycles. The second-order valence-electron chi connectivity index (χ2n) is 8.28. The quantitative estimate of drug-likeness (QED) is 0.813. The first-order chi connectivity index (χ1) is 12.5. The Labute approximate surface area is 155 Å². The summed E-state index contributed by atoms with van der Waals surface area (Å²) < 4.78 is 0. The van der Waals surface area contributed by atoms with E-state index in [9.17, 15) is 14.4 Å². The molecule has 0 atom stereocenters. The molecule has 2 amide bonds. The van der Waals surface area contributed by atoms with Crippen LogP contribution in [0, 0.1) is 17.8 Å². The first kappa shape index (κ1) is 19.2. The van der Waals surface area contributed by atoms with E-state index in [4.69, 9.17) is 5.11 Å². The fraction of sp³-hybridized carbons (Fsp3) is 0.850. The van der Waals surface area contributed by atoms with E-state index in [0.29, 0.717) is 58.3 Å². The first-order valence-corrected chi connectivity index (χ1v) is 10.3. The largest absolute Gasteiger partial charge is 0.481 e. The molecule has 0 aromatic rings. The summed E-state index contributed by atoms with van der Waals surface area (Å²) in [7, 11) is 0. The lowest BCUT2D eigenvalue weighted by Crippen LogP contribution is -2.52. The summed E-state index contributed by atoms with van der Waals surface area (Å²) in [6, 6.07) is 0. The van der Waals surface area contributed by atoms with Crippen LogP contribution in [0.15, 0.2) is 0 Å². The van der Waals surface area contributed by atoms with Gasteiger partial charge in [-0.15, -0.1) is 0 Å². The molecule has 1 N–H and O–H groups in total. The molecule has 0 spiro atoms. The van der Waals surface area contributed by atoms with Gasteiger partial charge in [0.25, 0.3) is 0 Å². The number of hydrogen-bond acceptors (Lipinski definition) is 3. The smallest absolute Gasteiger partial charge is 0.306 e. The zero-order chi connectivity index (χ0) is 18.5. The Balaban J connectivity index is 1.38. The summed E-state index contributed by atoms with van der Waals surface area (Å²) in [5.41, 5.74) is 0. The van der Waals surface area contributed by atoms with Gasteiger partial charge in [-0.05, 0) is 38.0 Å². The number of piperazine rings is 1. The van der Waals surface area contributed by atoms with Crippen molar-refractivity contribution in [2.45, 2.75) is 64.2 Å². The zero-order valence-electron chi connectivity index (χ0n) is 15.7. The number of amides is 2. The maximum absolute atomic E-state index is 12.7. The summed E-state index contributed by atoms with van der Waals surface area (Å²) in [6.45, 7) is 2.51. The van der Waals surface area contributed by atoms with E-state index in [1.165, 1.54) is 25.7 Å². The van der Waals surface area contributed by atoms with Gasteiger partial charge in [0.2, 0.25) is 11.8 Å². The molecule has 1 heterocycles. The summed E-state index contributed by atoms with van der Waals surface area (Å²) in [5.74, 6) is 0.0878. The van der Waals surface area contributed by atoms with Crippen LogP contribution in [0.2, 0.25) is 0 Å². The Morgan fingerprint density at radius 2 is 1.31 bits per heavy atom. The highest BCUT2D eigenvalue weighted by Gasteiger charge is 2.33. The average Bonchev–Trinajstić information content (AvgIpc) is 3.19. The van der Waals surface area contributed by atoms with Crippen molar-refractivity contribution in [2.24, 2.45) is 17.8 Å². The predicted octanol–water partition coefficient (Wildman–Crippen LogP) is 2.52. The molecule has 3 fully saturated rings. The van der Waals surface area contributed by atoms with Crippen molar-refractivity contribution in [3.63, 3.8) is 0 Å². The van der Waals surface area contributed by atoms with E-state index in [1.54, 1.807) is 0 Å². The van der Waals surface area contributed by atoms with Gasteiger partial charge in [0.15, 0.2) is 0 Å². The van der Waals surface area contributed by atoms with Gasteiger partial charge in [0, 0.05) is 38.5 Å². The highest BCUT2D eigenvalue weighted by molar-refractivity contribution is 5.80. The van der Waals surface area contributed by atoms with Gasteiger partial charge in [-0.1, -0.05) is 25.7 Å². The highest BCUT2D eigenvalue weighted by atomic mass is 16.4. The molecule has 1 saturated heterocycles. The summed E-state index contributed by atoms with van der Waals surface area (Å²) in [6.07, 6.45) is 9.41. The Kier molecular flexibility index (Phi) is 6.54. The lowest BCUT2D eigenvalue weighted by Gasteiger charge is -2.37. The fourth-order valence-electron chi connectivity index (χ4n) is 4.81. The monoisotopic (exact) mass is 364 g/mol. The first-order valence-electron chi connectivity index (χ1n) is 10.3. The number of carboxylic acids is 1. The molecule has 6 heteroatoms. The molecule has 3 aliphatic rings. The Morgan fingerprint density at radius 3 is 1.88 bits per heavy atom. The molecule has 3 rings (SSSR count). The van der Waals surface area contributed by atoms with Crippen LogP contribution < -0.4 is 0 Å². The van der Waals surface area contributed by atoms with Gasteiger partial charge < -0.3 is 14.9 Å². The standard InChI is InChI=1S/C20H32N2O4/c23-18(10-5-15-3-1-2-4-15)21-11-13-22(14-12-21)19(24)16-6-8-17(9-7-16)20(25)26/h15-17H,1-14H2,(H,25,26). The second-order valence-corrected chi connectivity index (χ2v) is 8.28. The van der Waals surface area contributed by atoms with Gasteiger partial charge in [-0.25, -0.2) is 0 Å². The van der Waals surface area contributed by atoms with E-state index in [-0.39, 0.29) is 23.7 Å². The Hall–Kier alpha value is -1.59. The van der Waals surface area contributed by atoms with E-state index in [0.717, 1.165) is 12.3 Å². The minimum absolute atomic E-state index is 0.0322. The van der Waals surface area contributed by atoms with Crippen LogP contribution in [0.25, 0.3) is 0 Å². The zero-order valence-corrected chi connectivity index (χ0v) is 15.7. The van der Waals surface area contributed by atoms with Crippen molar-refractivity contribution < 1.29 is 19.5 Å². The molecule has 0 unspecified atom stereocenters. The third kappa shape index (κ3) is 4.77. The molecule has 2 saturated carbocycles. The van der Waals surface area contributed by atoms with Gasteiger partial charge >= 0.3 is 5.97 Å². The van der Waals surface area contributed by atoms with Crippen molar-refractivity contribution in [1.29, 1.82) is 0 Å². The van der Waals surface area contributed by atoms with E-state index >= 15 is 0 Å². The summed E-state index contributed by atoms with van der Waals surface area (Å²) in [4.78, 5) is 39.9. The normalized spacial score (nSPS) is 27.5. The molecule has 6 nitrogen and oxygen atoms in total. The molecule has 2 aliphatic carbocycles. The lowest BCUT2D eigenvalue weighted by atomic mass is 9.81. The van der Waals surface area contributed by atoms with Crippen molar-refractivity contribution in [2.75, 3.05) is 26.2 Å². The van der Waals surface area contributed by atoms with E-state index in [1.807, 2.05) is 9.80 Å². The number of hydrogen-bond donors (Lipinski definition) is 1. The topological polar surface area (TPSA) is 77.9 Å². The fourth-order valence-corrected chi connectivity index (χ4v) is 4.81. The van der Waals surface area contributed by atoms with Gasteiger partial charge in [0.05, 0.1) is 5.92 Å². The van der Waals surface area contributed by atoms with Crippen LogP contribution in [0.1, 0.15) is 64.2 Å².